The van der Waals surface area contributed by atoms with E-state index in [4.69, 9.17) is 16.3 Å². The fraction of sp³-hybridized carbons (Fsp3) is 0.667. The van der Waals surface area contributed by atoms with Gasteiger partial charge in [0.15, 0.2) is 5.15 Å². The number of hydrogen-bond donors (Lipinski definition) is 0. The van der Waals surface area contributed by atoms with Gasteiger partial charge in [0.2, 0.25) is 5.95 Å². The lowest BCUT2D eigenvalue weighted by Gasteiger charge is -2.18. The Morgan fingerprint density at radius 1 is 1.27 bits per heavy atom. The smallest absolute Gasteiger partial charge is 0.245 e. The minimum Gasteiger partial charge on any atom is -0.380 e. The second-order valence-corrected chi connectivity index (χ2v) is 3.80. The standard InChI is InChI=1S/C9H13ClN4O/c1-7-8(10)12-13-9(11-7)14-3-2-5-15-6-4-14/h2-6H2,1H3. The lowest BCUT2D eigenvalue weighted by atomic mass is 10.4. The molecule has 0 radical (unpaired) electrons. The Kier molecular flexibility index (Phi) is 3.33. The van der Waals surface area contributed by atoms with Crippen molar-refractivity contribution in [3.05, 3.63) is 10.8 Å². The van der Waals surface area contributed by atoms with Crippen molar-refractivity contribution < 1.29 is 4.74 Å². The first kappa shape index (κ1) is 10.6. The largest absolute Gasteiger partial charge is 0.380 e. The Bertz CT molecular complexity index is 339. The topological polar surface area (TPSA) is 51.1 Å². The normalized spacial score (nSPS) is 17.6. The molecule has 5 nitrogen and oxygen atoms in total. The van der Waals surface area contributed by atoms with Crippen molar-refractivity contribution in [3.8, 4) is 0 Å². The Hall–Kier alpha value is -0.940. The molecule has 2 heterocycles. The SMILES string of the molecule is Cc1nc(N2CCCOCC2)nnc1Cl. The van der Waals surface area contributed by atoms with E-state index in [0.29, 0.717) is 23.4 Å². The number of aryl methyl sites for hydroxylation is 1. The lowest BCUT2D eigenvalue weighted by molar-refractivity contribution is 0.152. The third kappa shape index (κ3) is 2.54. The maximum atomic E-state index is 5.77. The van der Waals surface area contributed by atoms with E-state index in [0.717, 1.165) is 26.1 Å². The first-order valence-electron chi connectivity index (χ1n) is 4.97. The summed E-state index contributed by atoms with van der Waals surface area (Å²) in [6.45, 7) is 5.06. The fourth-order valence-corrected chi connectivity index (χ4v) is 1.54. The number of nitrogens with zero attached hydrogens (tertiary/aromatic N) is 4. The van der Waals surface area contributed by atoms with Gasteiger partial charge in [-0.1, -0.05) is 11.6 Å². The van der Waals surface area contributed by atoms with Crippen LogP contribution in [0.4, 0.5) is 5.95 Å². The zero-order valence-electron chi connectivity index (χ0n) is 8.61. The van der Waals surface area contributed by atoms with Gasteiger partial charge in [-0.2, -0.15) is 0 Å². The number of aromatic nitrogens is 3. The third-order valence-corrected chi connectivity index (χ3v) is 2.65. The van der Waals surface area contributed by atoms with E-state index in [9.17, 15) is 0 Å². The minimum absolute atomic E-state index is 0.366. The Morgan fingerprint density at radius 3 is 2.93 bits per heavy atom. The third-order valence-electron chi connectivity index (χ3n) is 2.30. The summed E-state index contributed by atoms with van der Waals surface area (Å²) in [6.07, 6.45) is 0.991. The van der Waals surface area contributed by atoms with Gasteiger partial charge in [0.1, 0.15) is 0 Å². The van der Waals surface area contributed by atoms with E-state index in [1.165, 1.54) is 0 Å². The summed E-state index contributed by atoms with van der Waals surface area (Å²) in [4.78, 5) is 6.38. The van der Waals surface area contributed by atoms with Gasteiger partial charge in [0.05, 0.1) is 12.3 Å². The van der Waals surface area contributed by atoms with Crippen molar-refractivity contribution in [1.29, 1.82) is 0 Å². The van der Waals surface area contributed by atoms with Crippen molar-refractivity contribution in [2.45, 2.75) is 13.3 Å². The second-order valence-electron chi connectivity index (χ2n) is 3.44. The molecule has 2 rings (SSSR count). The molecule has 0 N–H and O–H groups in total. The number of ether oxygens (including phenoxy) is 1. The van der Waals surface area contributed by atoms with Crippen molar-refractivity contribution in [1.82, 2.24) is 15.2 Å². The van der Waals surface area contributed by atoms with Crippen LogP contribution in [0.5, 0.6) is 0 Å². The van der Waals surface area contributed by atoms with Crippen LogP contribution in [0.3, 0.4) is 0 Å². The maximum absolute atomic E-state index is 5.77. The van der Waals surface area contributed by atoms with Crippen LogP contribution < -0.4 is 4.90 Å². The molecule has 1 fully saturated rings. The van der Waals surface area contributed by atoms with Crippen LogP contribution in [0, 0.1) is 6.92 Å². The maximum Gasteiger partial charge on any atom is 0.245 e. The summed E-state index contributed by atoms with van der Waals surface area (Å²) in [5, 5.41) is 8.20. The van der Waals surface area contributed by atoms with E-state index in [-0.39, 0.29) is 0 Å². The van der Waals surface area contributed by atoms with Crippen LogP contribution in [0.2, 0.25) is 5.15 Å². The molecule has 82 valence electrons. The van der Waals surface area contributed by atoms with E-state index in [1.807, 2.05) is 6.92 Å². The zero-order chi connectivity index (χ0) is 10.7. The van der Waals surface area contributed by atoms with Gasteiger partial charge in [-0.3, -0.25) is 0 Å². The molecule has 1 aromatic heterocycles. The summed E-state index contributed by atoms with van der Waals surface area (Å²) >= 11 is 5.77. The Morgan fingerprint density at radius 2 is 2.13 bits per heavy atom. The predicted octanol–water partition coefficient (Wildman–Crippen LogP) is 1.06. The van der Waals surface area contributed by atoms with Crippen LogP contribution in [0.25, 0.3) is 0 Å². The number of anilines is 1. The minimum atomic E-state index is 0.366. The highest BCUT2D eigenvalue weighted by Crippen LogP contribution is 2.13. The van der Waals surface area contributed by atoms with Crippen LogP contribution in [-0.2, 0) is 4.74 Å². The number of rotatable bonds is 1. The summed E-state index contributed by atoms with van der Waals surface area (Å²) in [7, 11) is 0. The fourth-order valence-electron chi connectivity index (χ4n) is 1.46. The lowest BCUT2D eigenvalue weighted by Crippen LogP contribution is -2.28. The summed E-state index contributed by atoms with van der Waals surface area (Å²) < 4.78 is 5.36. The molecule has 1 saturated heterocycles. The predicted molar refractivity (Wildman–Crippen MR) is 57.2 cm³/mol. The Labute approximate surface area is 93.4 Å². The molecule has 0 amide bonds. The van der Waals surface area contributed by atoms with E-state index in [1.54, 1.807) is 0 Å². The van der Waals surface area contributed by atoms with Gasteiger partial charge in [-0.15, -0.1) is 10.2 Å². The monoisotopic (exact) mass is 228 g/mol. The average molecular weight is 229 g/mol. The van der Waals surface area contributed by atoms with Gasteiger partial charge in [0, 0.05) is 19.7 Å². The molecule has 0 aromatic carbocycles. The first-order valence-corrected chi connectivity index (χ1v) is 5.34. The summed E-state index contributed by atoms with van der Waals surface area (Å²) in [5.74, 6) is 0.641. The molecule has 0 spiro atoms. The van der Waals surface area contributed by atoms with Gasteiger partial charge in [-0.25, -0.2) is 4.98 Å². The van der Waals surface area contributed by atoms with Crippen LogP contribution in [-0.4, -0.2) is 41.5 Å². The molecule has 6 heteroatoms. The average Bonchev–Trinajstić information content (AvgIpc) is 2.50. The van der Waals surface area contributed by atoms with E-state index >= 15 is 0 Å². The number of hydrogen-bond acceptors (Lipinski definition) is 5. The summed E-state index contributed by atoms with van der Waals surface area (Å²) in [5.41, 5.74) is 0.715. The van der Waals surface area contributed by atoms with Gasteiger partial charge < -0.3 is 9.64 Å². The van der Waals surface area contributed by atoms with Crippen LogP contribution >= 0.6 is 11.6 Å². The highest BCUT2D eigenvalue weighted by atomic mass is 35.5. The van der Waals surface area contributed by atoms with Gasteiger partial charge in [0.25, 0.3) is 0 Å². The van der Waals surface area contributed by atoms with Crippen LogP contribution in [0.1, 0.15) is 12.1 Å². The molecular weight excluding hydrogens is 216 g/mol. The molecule has 0 saturated carbocycles. The van der Waals surface area contributed by atoms with Gasteiger partial charge >= 0.3 is 0 Å². The van der Waals surface area contributed by atoms with Crippen molar-refractivity contribution in [3.63, 3.8) is 0 Å². The van der Waals surface area contributed by atoms with E-state index < -0.39 is 0 Å². The summed E-state index contributed by atoms with van der Waals surface area (Å²) in [6, 6.07) is 0. The molecule has 0 unspecified atom stereocenters. The van der Waals surface area contributed by atoms with Crippen LogP contribution in [0.15, 0.2) is 0 Å². The molecule has 1 aliphatic heterocycles. The number of halogens is 1. The molecule has 1 aliphatic rings. The highest BCUT2D eigenvalue weighted by molar-refractivity contribution is 6.29. The molecule has 0 atom stereocenters. The quantitative estimate of drug-likeness (QED) is 0.720. The van der Waals surface area contributed by atoms with Gasteiger partial charge in [-0.05, 0) is 13.3 Å². The zero-order valence-corrected chi connectivity index (χ0v) is 9.37. The molecular formula is C9H13ClN4O. The molecule has 15 heavy (non-hydrogen) atoms. The molecule has 1 aromatic rings. The van der Waals surface area contributed by atoms with Crippen molar-refractivity contribution >= 4 is 17.5 Å². The van der Waals surface area contributed by atoms with Crippen molar-refractivity contribution in [2.75, 3.05) is 31.2 Å². The molecule has 0 aliphatic carbocycles. The Balaban J connectivity index is 2.16. The first-order chi connectivity index (χ1) is 7.27. The van der Waals surface area contributed by atoms with Crippen molar-refractivity contribution in [2.24, 2.45) is 0 Å². The highest BCUT2D eigenvalue weighted by Gasteiger charge is 2.13. The van der Waals surface area contributed by atoms with E-state index in [2.05, 4.69) is 20.1 Å². The molecule has 0 bridgehead atoms. The second kappa shape index (κ2) is 4.72.